The van der Waals surface area contributed by atoms with E-state index in [4.69, 9.17) is 4.98 Å². The third kappa shape index (κ3) is 4.03. The van der Waals surface area contributed by atoms with E-state index in [1.54, 1.807) is 18.7 Å². The molecule has 0 atom stereocenters. The molecule has 0 bridgehead atoms. The summed E-state index contributed by atoms with van der Waals surface area (Å²) in [5.41, 5.74) is 5.95. The number of likely N-dealkylation sites (tertiary alicyclic amines) is 1. The van der Waals surface area contributed by atoms with Crippen molar-refractivity contribution in [3.8, 4) is 28.5 Å². The average molecular weight is 508 g/mol. The van der Waals surface area contributed by atoms with Crippen LogP contribution in [0.25, 0.3) is 50.4 Å². The molecule has 0 radical (unpaired) electrons. The lowest BCUT2D eigenvalue weighted by molar-refractivity contribution is 0.220. The van der Waals surface area contributed by atoms with Gasteiger partial charge in [-0.1, -0.05) is 6.42 Å². The van der Waals surface area contributed by atoms with Crippen molar-refractivity contribution in [2.75, 3.05) is 13.1 Å². The maximum absolute atomic E-state index is 15.3. The Morgan fingerprint density at radius 3 is 2.76 bits per heavy atom. The van der Waals surface area contributed by atoms with E-state index in [0.29, 0.717) is 33.9 Å². The number of rotatable bonds is 5. The van der Waals surface area contributed by atoms with Gasteiger partial charge in [0, 0.05) is 53.9 Å². The number of hydrogen-bond donors (Lipinski definition) is 2. The van der Waals surface area contributed by atoms with Crippen LogP contribution in [0.5, 0.6) is 0 Å². The predicted molar refractivity (Wildman–Crippen MR) is 143 cm³/mol. The normalized spacial score (nSPS) is 14.6. The first-order valence-electron chi connectivity index (χ1n) is 12.8. The number of H-pyrrole nitrogens is 2. The molecule has 0 saturated carbocycles. The quantitative estimate of drug-likeness (QED) is 0.333. The first-order valence-corrected chi connectivity index (χ1v) is 12.8. The molecule has 1 aliphatic heterocycles. The lowest BCUT2D eigenvalue weighted by Gasteiger charge is -2.26. The second-order valence-corrected chi connectivity index (χ2v) is 9.91. The average Bonchev–Trinajstić information content (AvgIpc) is 3.66. The van der Waals surface area contributed by atoms with Crippen LogP contribution in [0, 0.1) is 12.7 Å². The minimum atomic E-state index is -0.323. The monoisotopic (exact) mass is 507 g/mol. The molecule has 6 heterocycles. The molecule has 5 aromatic heterocycles. The number of pyridine rings is 2. The molecular weight excluding hydrogens is 481 g/mol. The smallest absolute Gasteiger partial charge is 0.166 e. The Bertz CT molecular complexity index is 1770. The molecular formula is C28H26FN9. The van der Waals surface area contributed by atoms with Crippen LogP contribution in [-0.4, -0.2) is 57.7 Å². The van der Waals surface area contributed by atoms with Crippen LogP contribution in [0.2, 0.25) is 0 Å². The van der Waals surface area contributed by atoms with Crippen molar-refractivity contribution in [3.63, 3.8) is 0 Å². The molecule has 1 saturated heterocycles. The van der Waals surface area contributed by atoms with Crippen LogP contribution >= 0.6 is 0 Å². The maximum atomic E-state index is 15.3. The van der Waals surface area contributed by atoms with Gasteiger partial charge in [-0.15, -0.1) is 0 Å². The fourth-order valence-corrected chi connectivity index (χ4v) is 5.30. The Morgan fingerprint density at radius 2 is 1.92 bits per heavy atom. The topological polar surface area (TPSA) is 104 Å². The van der Waals surface area contributed by atoms with Gasteiger partial charge in [0.05, 0.1) is 16.7 Å². The lowest BCUT2D eigenvalue weighted by atomic mass is 10.0. The third-order valence-corrected chi connectivity index (χ3v) is 7.17. The summed E-state index contributed by atoms with van der Waals surface area (Å²) < 4.78 is 17.1. The van der Waals surface area contributed by atoms with Crippen LogP contribution < -0.4 is 0 Å². The highest BCUT2D eigenvalue weighted by Gasteiger charge is 2.19. The van der Waals surface area contributed by atoms with Gasteiger partial charge in [0.15, 0.2) is 11.6 Å². The highest BCUT2D eigenvalue weighted by atomic mass is 19.1. The first-order chi connectivity index (χ1) is 18.6. The van der Waals surface area contributed by atoms with E-state index < -0.39 is 0 Å². The maximum Gasteiger partial charge on any atom is 0.166 e. The van der Waals surface area contributed by atoms with E-state index in [-0.39, 0.29) is 5.82 Å². The molecule has 2 N–H and O–H groups in total. The van der Waals surface area contributed by atoms with Crippen molar-refractivity contribution in [3.05, 3.63) is 72.5 Å². The van der Waals surface area contributed by atoms with Crippen molar-refractivity contribution in [1.82, 2.24) is 44.6 Å². The predicted octanol–water partition coefficient (Wildman–Crippen LogP) is 5.18. The molecule has 10 heteroatoms. The van der Waals surface area contributed by atoms with E-state index in [2.05, 4.69) is 35.0 Å². The van der Waals surface area contributed by atoms with Gasteiger partial charge in [0.1, 0.15) is 23.4 Å². The molecule has 38 heavy (non-hydrogen) atoms. The van der Waals surface area contributed by atoms with E-state index in [1.807, 2.05) is 42.1 Å². The Labute approximate surface area is 217 Å². The fraction of sp³-hybridized carbons (Fsp3) is 0.250. The summed E-state index contributed by atoms with van der Waals surface area (Å²) in [6.45, 7) is 4.95. The Morgan fingerprint density at radius 1 is 1.03 bits per heavy atom. The molecule has 0 spiro atoms. The summed E-state index contributed by atoms with van der Waals surface area (Å²) in [4.78, 5) is 23.9. The molecule has 0 aliphatic carbocycles. The molecule has 7 rings (SSSR count). The molecule has 6 aromatic rings. The second kappa shape index (κ2) is 9.14. The number of benzene rings is 1. The van der Waals surface area contributed by atoms with Crippen molar-refractivity contribution in [2.24, 2.45) is 0 Å². The Kier molecular flexibility index (Phi) is 5.47. The number of aromatic amines is 2. The van der Waals surface area contributed by atoms with Crippen LogP contribution in [0.1, 0.15) is 30.5 Å². The van der Waals surface area contributed by atoms with Crippen molar-refractivity contribution < 1.29 is 4.39 Å². The largest absolute Gasteiger partial charge is 0.336 e. The standard InChI is InChI=1S/C28H26FN9/c1-17-14-38(16-32-17)28-26-23(5-6-31-28)33-27(34-26)25-21-10-20(22(29)11-24(21)35-36-25)19-9-18(12-30-13-19)15-37-7-3-2-4-8-37/h5-6,9-14,16H,2-4,7-8,15H2,1H3,(H,33,34)(H,35,36). The zero-order valence-corrected chi connectivity index (χ0v) is 20.9. The van der Waals surface area contributed by atoms with Gasteiger partial charge in [-0.3, -0.25) is 19.5 Å². The second-order valence-electron chi connectivity index (χ2n) is 9.91. The van der Waals surface area contributed by atoms with Gasteiger partial charge in [-0.05, 0) is 56.6 Å². The minimum absolute atomic E-state index is 0.323. The number of aryl methyl sites for hydroxylation is 1. The molecule has 9 nitrogen and oxygen atoms in total. The zero-order valence-electron chi connectivity index (χ0n) is 20.9. The van der Waals surface area contributed by atoms with Crippen molar-refractivity contribution in [1.29, 1.82) is 0 Å². The molecule has 1 aromatic carbocycles. The first kappa shape index (κ1) is 22.7. The van der Waals surface area contributed by atoms with Gasteiger partial charge in [-0.25, -0.2) is 19.3 Å². The number of fused-ring (bicyclic) bond motifs is 2. The number of aromatic nitrogens is 8. The molecule has 190 valence electrons. The number of nitrogens with zero attached hydrogens (tertiary/aromatic N) is 7. The number of piperidine rings is 1. The zero-order chi connectivity index (χ0) is 25.6. The summed E-state index contributed by atoms with van der Waals surface area (Å²) in [7, 11) is 0. The summed E-state index contributed by atoms with van der Waals surface area (Å²) in [6, 6.07) is 7.23. The van der Waals surface area contributed by atoms with Gasteiger partial charge < -0.3 is 4.98 Å². The van der Waals surface area contributed by atoms with E-state index in [9.17, 15) is 0 Å². The minimum Gasteiger partial charge on any atom is -0.336 e. The highest BCUT2D eigenvalue weighted by molar-refractivity contribution is 5.96. The van der Waals surface area contributed by atoms with E-state index >= 15 is 4.39 Å². The van der Waals surface area contributed by atoms with Crippen LogP contribution in [0.3, 0.4) is 0 Å². The van der Waals surface area contributed by atoms with Gasteiger partial charge in [0.25, 0.3) is 0 Å². The highest BCUT2D eigenvalue weighted by Crippen LogP contribution is 2.33. The fourth-order valence-electron chi connectivity index (χ4n) is 5.30. The third-order valence-electron chi connectivity index (χ3n) is 7.17. The molecule has 0 amide bonds. The Balaban J connectivity index is 1.28. The Hall–Kier alpha value is -4.44. The van der Waals surface area contributed by atoms with Gasteiger partial charge in [-0.2, -0.15) is 5.10 Å². The number of nitrogens with one attached hydrogen (secondary N) is 2. The van der Waals surface area contributed by atoms with Crippen LogP contribution in [0.15, 0.2) is 55.4 Å². The van der Waals surface area contributed by atoms with E-state index in [0.717, 1.165) is 47.4 Å². The van der Waals surface area contributed by atoms with E-state index in [1.165, 1.54) is 25.3 Å². The van der Waals surface area contributed by atoms with Gasteiger partial charge in [0.2, 0.25) is 0 Å². The van der Waals surface area contributed by atoms with Crippen LogP contribution in [-0.2, 0) is 6.54 Å². The van der Waals surface area contributed by atoms with Crippen molar-refractivity contribution in [2.45, 2.75) is 32.7 Å². The molecule has 1 aliphatic rings. The number of imidazole rings is 2. The molecule has 0 unspecified atom stereocenters. The summed E-state index contributed by atoms with van der Waals surface area (Å²) in [6.07, 6.45) is 12.7. The number of hydrogen-bond acceptors (Lipinski definition) is 6. The lowest BCUT2D eigenvalue weighted by Crippen LogP contribution is -2.29. The number of halogens is 1. The summed E-state index contributed by atoms with van der Waals surface area (Å²) in [5, 5.41) is 8.23. The van der Waals surface area contributed by atoms with Crippen LogP contribution in [0.4, 0.5) is 4.39 Å². The SMILES string of the molecule is Cc1cn(-c2nccc3[nH]c(-c4n[nH]c5cc(F)c(-c6cncc(CN7CCCCC7)c6)cc45)nc23)cn1. The summed E-state index contributed by atoms with van der Waals surface area (Å²) in [5.74, 6) is 0.928. The molecule has 1 fully saturated rings. The van der Waals surface area contributed by atoms with Gasteiger partial charge >= 0.3 is 0 Å². The summed E-state index contributed by atoms with van der Waals surface area (Å²) >= 11 is 0. The van der Waals surface area contributed by atoms with Crippen molar-refractivity contribution >= 4 is 21.9 Å².